The zero-order chi connectivity index (χ0) is 24.3. The lowest BCUT2D eigenvalue weighted by atomic mass is 9.98. The Hall–Kier alpha value is -4.17. The zero-order valence-corrected chi connectivity index (χ0v) is 18.4. The Morgan fingerprint density at radius 2 is 1.47 bits per heavy atom. The summed E-state index contributed by atoms with van der Waals surface area (Å²) in [6.45, 7) is 0.630. The third-order valence-corrected chi connectivity index (χ3v) is 5.91. The number of aliphatic hydroxyl groups excluding tert-OH is 1. The molecule has 0 radical (unpaired) electrons. The van der Waals surface area contributed by atoms with Crippen LogP contribution in [0.3, 0.4) is 0 Å². The van der Waals surface area contributed by atoms with E-state index in [1.165, 1.54) is 31.2 Å². The van der Waals surface area contributed by atoms with Gasteiger partial charge in [0, 0.05) is 17.2 Å². The van der Waals surface area contributed by atoms with E-state index >= 15 is 0 Å². The van der Waals surface area contributed by atoms with Crippen molar-refractivity contribution in [2.24, 2.45) is 0 Å². The van der Waals surface area contributed by atoms with Gasteiger partial charge in [-0.05, 0) is 53.4 Å². The average Bonchev–Trinajstić information content (AvgIpc) is 3.16. The molecule has 0 fully saturated rings. The molecular formula is C26H24N2O6. The van der Waals surface area contributed by atoms with Gasteiger partial charge in [0.25, 0.3) is 5.91 Å². The van der Waals surface area contributed by atoms with E-state index in [1.807, 2.05) is 36.4 Å². The van der Waals surface area contributed by atoms with Crippen LogP contribution in [0.4, 0.5) is 10.5 Å². The third-order valence-electron chi connectivity index (χ3n) is 5.91. The molecule has 34 heavy (non-hydrogen) atoms. The fraction of sp³-hybridized carbons (Fsp3) is 0.192. The number of hydrogen-bond acceptors (Lipinski definition) is 5. The first-order valence-corrected chi connectivity index (χ1v) is 10.7. The number of fused-ring (bicyclic) bond motifs is 3. The quantitative estimate of drug-likeness (QED) is 0.427. The largest absolute Gasteiger partial charge is 0.479 e. The predicted octanol–water partition coefficient (Wildman–Crippen LogP) is 3.61. The second-order valence-corrected chi connectivity index (χ2v) is 8.28. The summed E-state index contributed by atoms with van der Waals surface area (Å²) in [6.07, 6.45) is -0.627. The fourth-order valence-corrected chi connectivity index (χ4v) is 3.94. The normalized spacial score (nSPS) is 13.8. The highest BCUT2D eigenvalue weighted by Crippen LogP contribution is 2.44. The summed E-state index contributed by atoms with van der Waals surface area (Å²) in [6, 6.07) is 22.0. The number of ether oxygens (including phenoxy) is 1. The summed E-state index contributed by atoms with van der Waals surface area (Å²) < 4.78 is 5.51. The van der Waals surface area contributed by atoms with E-state index in [2.05, 4.69) is 22.8 Å². The number of anilines is 1. The number of rotatable bonds is 7. The molecule has 3 aromatic rings. The highest BCUT2D eigenvalue weighted by Gasteiger charge is 2.34. The summed E-state index contributed by atoms with van der Waals surface area (Å²) in [4.78, 5) is 36.0. The number of hydrogen-bond donors (Lipinski definition) is 4. The van der Waals surface area contributed by atoms with Crippen molar-refractivity contribution in [3.8, 4) is 11.1 Å². The molecule has 0 bridgehead atoms. The number of benzene rings is 3. The number of aliphatic carboxylic acids is 1. The van der Waals surface area contributed by atoms with Crippen LogP contribution in [0.25, 0.3) is 11.1 Å². The van der Waals surface area contributed by atoms with Crippen molar-refractivity contribution in [1.82, 2.24) is 5.32 Å². The van der Waals surface area contributed by atoms with Gasteiger partial charge in [0.05, 0.1) is 6.61 Å². The Bertz CT molecular complexity index is 1190. The van der Waals surface area contributed by atoms with Gasteiger partial charge in [-0.25, -0.2) is 9.59 Å². The van der Waals surface area contributed by atoms with Crippen LogP contribution < -0.4 is 10.6 Å². The Labute approximate surface area is 196 Å². The van der Waals surface area contributed by atoms with Crippen molar-refractivity contribution in [3.63, 3.8) is 0 Å². The van der Waals surface area contributed by atoms with E-state index in [0.717, 1.165) is 22.3 Å². The van der Waals surface area contributed by atoms with Crippen molar-refractivity contribution >= 4 is 23.7 Å². The molecule has 8 nitrogen and oxygen atoms in total. The Morgan fingerprint density at radius 3 is 2.00 bits per heavy atom. The molecule has 2 amide bonds. The van der Waals surface area contributed by atoms with Crippen LogP contribution in [0.15, 0.2) is 72.8 Å². The summed E-state index contributed by atoms with van der Waals surface area (Å²) in [5, 5.41) is 23.4. The number of carbonyl (C=O) groups excluding carboxylic acids is 2. The van der Waals surface area contributed by atoms with E-state index in [-0.39, 0.29) is 18.1 Å². The molecule has 4 rings (SSSR count). The van der Waals surface area contributed by atoms with Gasteiger partial charge in [0.1, 0.15) is 6.61 Å². The first-order chi connectivity index (χ1) is 16.3. The molecule has 0 saturated heterocycles. The molecule has 1 aliphatic carbocycles. The van der Waals surface area contributed by atoms with Gasteiger partial charge >= 0.3 is 12.1 Å². The molecule has 174 valence electrons. The highest BCUT2D eigenvalue weighted by atomic mass is 16.5. The summed E-state index contributed by atoms with van der Waals surface area (Å²) >= 11 is 0. The topological polar surface area (TPSA) is 125 Å². The summed E-state index contributed by atoms with van der Waals surface area (Å²) in [5.41, 5.74) is 3.31. The monoisotopic (exact) mass is 460 g/mol. The van der Waals surface area contributed by atoms with Crippen molar-refractivity contribution < 1.29 is 29.3 Å². The van der Waals surface area contributed by atoms with Crippen LogP contribution in [0.1, 0.15) is 34.3 Å². The van der Waals surface area contributed by atoms with Gasteiger partial charge in [-0.1, -0.05) is 48.5 Å². The second-order valence-electron chi connectivity index (χ2n) is 8.28. The van der Waals surface area contributed by atoms with Crippen molar-refractivity contribution in [3.05, 3.63) is 89.5 Å². The Kier molecular flexibility index (Phi) is 6.34. The number of nitrogens with one attached hydrogen (secondary N) is 2. The van der Waals surface area contributed by atoms with Gasteiger partial charge in [-0.15, -0.1) is 0 Å². The third kappa shape index (κ3) is 4.49. The van der Waals surface area contributed by atoms with Crippen LogP contribution >= 0.6 is 0 Å². The van der Waals surface area contributed by atoms with Crippen LogP contribution in [0, 0.1) is 0 Å². The first kappa shape index (κ1) is 23.0. The minimum Gasteiger partial charge on any atom is -0.479 e. The van der Waals surface area contributed by atoms with Gasteiger partial charge < -0.3 is 20.3 Å². The summed E-state index contributed by atoms with van der Waals surface area (Å²) in [7, 11) is 0. The number of carboxylic acids is 1. The Balaban J connectivity index is 1.37. The van der Waals surface area contributed by atoms with Crippen molar-refractivity contribution in [2.75, 3.05) is 18.5 Å². The van der Waals surface area contributed by atoms with E-state index in [0.29, 0.717) is 5.69 Å². The van der Waals surface area contributed by atoms with Crippen LogP contribution in [-0.2, 0) is 9.53 Å². The van der Waals surface area contributed by atoms with Crippen LogP contribution in [0.5, 0.6) is 0 Å². The molecular weight excluding hydrogens is 436 g/mol. The molecule has 0 aromatic heterocycles. The lowest BCUT2D eigenvalue weighted by molar-refractivity contribution is -0.145. The molecule has 0 heterocycles. The van der Waals surface area contributed by atoms with Crippen molar-refractivity contribution in [2.45, 2.75) is 18.4 Å². The minimum atomic E-state index is -1.80. The highest BCUT2D eigenvalue weighted by molar-refractivity contribution is 5.98. The van der Waals surface area contributed by atoms with E-state index in [4.69, 9.17) is 4.74 Å². The van der Waals surface area contributed by atoms with Gasteiger partial charge in [-0.2, -0.15) is 0 Å². The molecule has 1 atom stereocenters. The number of amides is 2. The fourth-order valence-electron chi connectivity index (χ4n) is 3.94. The van der Waals surface area contributed by atoms with E-state index in [1.54, 1.807) is 0 Å². The number of aliphatic hydroxyl groups is 1. The van der Waals surface area contributed by atoms with Gasteiger partial charge in [-0.3, -0.25) is 10.1 Å². The zero-order valence-electron chi connectivity index (χ0n) is 18.4. The molecule has 0 aliphatic heterocycles. The van der Waals surface area contributed by atoms with Crippen LogP contribution in [-0.4, -0.2) is 46.9 Å². The molecule has 1 unspecified atom stereocenters. The number of carboxylic acid groups (broad SMARTS) is 1. The maximum atomic E-state index is 12.4. The van der Waals surface area contributed by atoms with Crippen LogP contribution in [0.2, 0.25) is 0 Å². The molecule has 1 aliphatic rings. The summed E-state index contributed by atoms with van der Waals surface area (Å²) in [5.74, 6) is -2.07. The molecule has 0 saturated carbocycles. The maximum absolute atomic E-state index is 12.4. The standard InChI is InChI=1S/C26H24N2O6/c1-26(15-29,24(31)32)28-23(30)16-10-12-17(13-11-16)27-25(33)34-14-22-20-8-4-2-6-18(20)19-7-3-5-9-21(19)22/h2-13,22,29H,14-15H2,1H3,(H,27,33)(H,28,30)(H,31,32). The molecule has 0 spiro atoms. The first-order valence-electron chi connectivity index (χ1n) is 10.7. The molecule has 4 N–H and O–H groups in total. The minimum absolute atomic E-state index is 0.0562. The number of carbonyl (C=O) groups is 3. The average molecular weight is 460 g/mol. The van der Waals surface area contributed by atoms with Gasteiger partial charge in [0.15, 0.2) is 5.54 Å². The second kappa shape index (κ2) is 9.36. The SMILES string of the molecule is CC(CO)(NC(=O)c1ccc(NC(=O)OCC2c3ccccc3-c3ccccc32)cc1)C(=O)O. The molecule has 8 heteroatoms. The van der Waals surface area contributed by atoms with Crippen molar-refractivity contribution in [1.29, 1.82) is 0 Å². The lowest BCUT2D eigenvalue weighted by Gasteiger charge is -2.23. The van der Waals surface area contributed by atoms with E-state index < -0.39 is 30.1 Å². The lowest BCUT2D eigenvalue weighted by Crippen LogP contribution is -2.54. The van der Waals surface area contributed by atoms with E-state index in [9.17, 15) is 24.6 Å². The van der Waals surface area contributed by atoms with Gasteiger partial charge in [0.2, 0.25) is 0 Å². The maximum Gasteiger partial charge on any atom is 0.411 e. The molecule has 3 aromatic carbocycles. The smallest absolute Gasteiger partial charge is 0.411 e. The Morgan fingerprint density at radius 1 is 0.912 bits per heavy atom. The predicted molar refractivity (Wildman–Crippen MR) is 126 cm³/mol.